The molecule has 2 aromatic rings. The van der Waals surface area contributed by atoms with Crippen LogP contribution in [0.2, 0.25) is 0 Å². The standard InChI is InChI=1S/C21H27N3O3/c1-16-3-5-18(6-4-16)20-8-7-19(27-20)15-22-10-9-21(26)24-13-11-23(12-14-24)17(2)25/h3-8,22H,9-15H2,1-2H3. The molecule has 1 N–H and O–H groups in total. The van der Waals surface area contributed by atoms with Gasteiger partial charge in [0, 0.05) is 51.6 Å². The average Bonchev–Trinajstić information content (AvgIpc) is 3.14. The lowest BCUT2D eigenvalue weighted by atomic mass is 10.1. The molecule has 0 unspecified atom stereocenters. The van der Waals surface area contributed by atoms with E-state index in [4.69, 9.17) is 4.42 Å². The fraction of sp³-hybridized carbons (Fsp3) is 0.429. The number of nitrogens with one attached hydrogen (secondary N) is 1. The summed E-state index contributed by atoms with van der Waals surface area (Å²) < 4.78 is 5.87. The largest absolute Gasteiger partial charge is 0.460 e. The molecule has 6 heteroatoms. The number of carbonyl (C=O) groups is 2. The Morgan fingerprint density at radius 2 is 1.67 bits per heavy atom. The summed E-state index contributed by atoms with van der Waals surface area (Å²) in [5, 5.41) is 3.27. The summed E-state index contributed by atoms with van der Waals surface area (Å²) in [5.74, 6) is 1.91. The van der Waals surface area contributed by atoms with E-state index in [9.17, 15) is 9.59 Å². The molecular weight excluding hydrogens is 342 g/mol. The number of hydrogen-bond donors (Lipinski definition) is 1. The monoisotopic (exact) mass is 369 g/mol. The summed E-state index contributed by atoms with van der Waals surface area (Å²) in [7, 11) is 0. The van der Waals surface area contributed by atoms with Gasteiger partial charge in [0.1, 0.15) is 11.5 Å². The van der Waals surface area contributed by atoms with Crippen molar-refractivity contribution in [2.75, 3.05) is 32.7 Å². The van der Waals surface area contributed by atoms with Crippen LogP contribution in [-0.4, -0.2) is 54.3 Å². The van der Waals surface area contributed by atoms with Gasteiger partial charge in [-0.25, -0.2) is 0 Å². The van der Waals surface area contributed by atoms with Crippen molar-refractivity contribution in [2.45, 2.75) is 26.8 Å². The van der Waals surface area contributed by atoms with Crippen LogP contribution in [0.15, 0.2) is 40.8 Å². The molecule has 144 valence electrons. The molecule has 0 atom stereocenters. The number of benzene rings is 1. The van der Waals surface area contributed by atoms with Crippen LogP contribution in [0.3, 0.4) is 0 Å². The maximum atomic E-state index is 12.3. The predicted molar refractivity (Wildman–Crippen MR) is 104 cm³/mol. The third-order valence-electron chi connectivity index (χ3n) is 4.89. The third kappa shape index (κ3) is 5.20. The van der Waals surface area contributed by atoms with Crippen LogP contribution in [0.5, 0.6) is 0 Å². The number of aryl methyl sites for hydroxylation is 1. The number of rotatable bonds is 6. The summed E-state index contributed by atoms with van der Waals surface area (Å²) in [6, 6.07) is 12.2. The van der Waals surface area contributed by atoms with Gasteiger partial charge in [0.05, 0.1) is 6.54 Å². The van der Waals surface area contributed by atoms with Crippen molar-refractivity contribution in [3.05, 3.63) is 47.7 Å². The highest BCUT2D eigenvalue weighted by molar-refractivity contribution is 5.77. The zero-order valence-electron chi connectivity index (χ0n) is 16.0. The molecule has 1 aromatic heterocycles. The second kappa shape index (κ2) is 8.86. The van der Waals surface area contributed by atoms with Gasteiger partial charge in [-0.05, 0) is 19.1 Å². The lowest BCUT2D eigenvalue weighted by Gasteiger charge is -2.34. The second-order valence-corrected chi connectivity index (χ2v) is 6.95. The van der Waals surface area contributed by atoms with E-state index in [0.717, 1.165) is 17.1 Å². The number of hydrogen-bond acceptors (Lipinski definition) is 4. The number of carbonyl (C=O) groups excluding carboxylic acids is 2. The number of piperazine rings is 1. The fourth-order valence-corrected chi connectivity index (χ4v) is 3.18. The predicted octanol–water partition coefficient (Wildman–Crippen LogP) is 2.43. The van der Waals surface area contributed by atoms with Crippen LogP contribution in [-0.2, 0) is 16.1 Å². The van der Waals surface area contributed by atoms with Crippen molar-refractivity contribution >= 4 is 11.8 Å². The van der Waals surface area contributed by atoms with E-state index < -0.39 is 0 Å². The molecule has 1 aliphatic heterocycles. The summed E-state index contributed by atoms with van der Waals surface area (Å²) in [6.45, 7) is 7.33. The van der Waals surface area contributed by atoms with E-state index >= 15 is 0 Å². The van der Waals surface area contributed by atoms with E-state index in [-0.39, 0.29) is 11.8 Å². The molecule has 2 heterocycles. The maximum absolute atomic E-state index is 12.3. The lowest BCUT2D eigenvalue weighted by molar-refractivity contribution is -0.138. The van der Waals surface area contributed by atoms with Gasteiger partial charge in [-0.3, -0.25) is 9.59 Å². The van der Waals surface area contributed by atoms with Gasteiger partial charge in [0.2, 0.25) is 11.8 Å². The minimum Gasteiger partial charge on any atom is -0.460 e. The smallest absolute Gasteiger partial charge is 0.223 e. The van der Waals surface area contributed by atoms with Gasteiger partial charge in [-0.1, -0.05) is 29.8 Å². The van der Waals surface area contributed by atoms with Crippen molar-refractivity contribution in [2.24, 2.45) is 0 Å². The molecule has 3 rings (SSSR count). The molecular formula is C21H27N3O3. The van der Waals surface area contributed by atoms with Gasteiger partial charge >= 0.3 is 0 Å². The van der Waals surface area contributed by atoms with Gasteiger partial charge in [-0.2, -0.15) is 0 Å². The van der Waals surface area contributed by atoms with Crippen molar-refractivity contribution in [1.29, 1.82) is 0 Å². The fourth-order valence-electron chi connectivity index (χ4n) is 3.18. The van der Waals surface area contributed by atoms with Gasteiger partial charge in [0.25, 0.3) is 0 Å². The van der Waals surface area contributed by atoms with Gasteiger partial charge in [0.15, 0.2) is 0 Å². The Bertz CT molecular complexity index is 774. The summed E-state index contributed by atoms with van der Waals surface area (Å²) >= 11 is 0. The second-order valence-electron chi connectivity index (χ2n) is 6.95. The van der Waals surface area contributed by atoms with Crippen molar-refractivity contribution in [3.8, 4) is 11.3 Å². The SMILES string of the molecule is CC(=O)N1CCN(C(=O)CCNCc2ccc(-c3ccc(C)cc3)o2)CC1. The molecule has 1 fully saturated rings. The Labute approximate surface area is 160 Å². The Morgan fingerprint density at radius 3 is 2.33 bits per heavy atom. The molecule has 0 bridgehead atoms. The van der Waals surface area contributed by atoms with Crippen molar-refractivity contribution in [3.63, 3.8) is 0 Å². The highest BCUT2D eigenvalue weighted by Crippen LogP contribution is 2.22. The van der Waals surface area contributed by atoms with E-state index in [1.54, 1.807) is 11.8 Å². The van der Waals surface area contributed by atoms with Crippen LogP contribution in [0.1, 0.15) is 24.7 Å². The maximum Gasteiger partial charge on any atom is 0.223 e. The Hall–Kier alpha value is -2.60. The first-order valence-corrected chi connectivity index (χ1v) is 9.42. The van der Waals surface area contributed by atoms with E-state index in [2.05, 4.69) is 36.5 Å². The molecule has 2 amide bonds. The molecule has 0 radical (unpaired) electrons. The molecule has 1 aromatic carbocycles. The molecule has 1 aliphatic rings. The first-order valence-electron chi connectivity index (χ1n) is 9.42. The van der Waals surface area contributed by atoms with Crippen LogP contribution in [0.4, 0.5) is 0 Å². The lowest BCUT2D eigenvalue weighted by Crippen LogP contribution is -2.50. The van der Waals surface area contributed by atoms with Gasteiger partial charge < -0.3 is 19.5 Å². The first kappa shape index (κ1) is 19.2. The van der Waals surface area contributed by atoms with Crippen LogP contribution in [0, 0.1) is 6.92 Å². The number of nitrogens with zero attached hydrogens (tertiary/aromatic N) is 2. The summed E-state index contributed by atoms with van der Waals surface area (Å²) in [4.78, 5) is 27.2. The zero-order chi connectivity index (χ0) is 19.2. The third-order valence-corrected chi connectivity index (χ3v) is 4.89. The Morgan fingerprint density at radius 1 is 1.00 bits per heavy atom. The summed E-state index contributed by atoms with van der Waals surface area (Å²) in [5.41, 5.74) is 2.28. The molecule has 1 saturated heterocycles. The Kier molecular flexibility index (Phi) is 6.29. The van der Waals surface area contributed by atoms with Crippen LogP contribution in [0.25, 0.3) is 11.3 Å². The highest BCUT2D eigenvalue weighted by atomic mass is 16.3. The van der Waals surface area contributed by atoms with Crippen LogP contribution < -0.4 is 5.32 Å². The highest BCUT2D eigenvalue weighted by Gasteiger charge is 2.21. The zero-order valence-corrected chi connectivity index (χ0v) is 16.0. The molecule has 6 nitrogen and oxygen atoms in total. The topological polar surface area (TPSA) is 65.8 Å². The molecule has 0 saturated carbocycles. The molecule has 0 aliphatic carbocycles. The van der Waals surface area contributed by atoms with Crippen molar-refractivity contribution < 1.29 is 14.0 Å². The Balaban J connectivity index is 1.38. The number of furan rings is 1. The normalized spacial score (nSPS) is 14.4. The minimum absolute atomic E-state index is 0.0761. The average molecular weight is 369 g/mol. The van der Waals surface area contributed by atoms with E-state index in [1.165, 1.54) is 5.56 Å². The van der Waals surface area contributed by atoms with E-state index in [1.807, 2.05) is 17.0 Å². The molecule has 27 heavy (non-hydrogen) atoms. The number of amides is 2. The minimum atomic E-state index is 0.0761. The first-order chi connectivity index (χ1) is 13.0. The van der Waals surface area contributed by atoms with Gasteiger partial charge in [-0.15, -0.1) is 0 Å². The van der Waals surface area contributed by atoms with Crippen molar-refractivity contribution in [1.82, 2.24) is 15.1 Å². The van der Waals surface area contributed by atoms with E-state index in [0.29, 0.717) is 45.7 Å². The van der Waals surface area contributed by atoms with Crippen LogP contribution >= 0.6 is 0 Å². The quantitative estimate of drug-likeness (QED) is 0.794. The summed E-state index contributed by atoms with van der Waals surface area (Å²) in [6.07, 6.45) is 0.450. The molecule has 0 spiro atoms.